The highest BCUT2D eigenvalue weighted by Crippen LogP contribution is 2.33. The molecule has 0 aromatic carbocycles. The van der Waals surface area contributed by atoms with Crippen LogP contribution in [0, 0.1) is 17.3 Å². The summed E-state index contributed by atoms with van der Waals surface area (Å²) in [5, 5.41) is 3.51. The van der Waals surface area contributed by atoms with Crippen molar-refractivity contribution < 1.29 is 4.74 Å². The van der Waals surface area contributed by atoms with Gasteiger partial charge in [-0.05, 0) is 49.6 Å². The molecule has 0 amide bonds. The molecule has 1 N–H and O–H groups in total. The van der Waals surface area contributed by atoms with Crippen LogP contribution in [0.5, 0.6) is 0 Å². The Labute approximate surface area is 117 Å². The number of hydrogen-bond donors (Lipinski definition) is 1. The second-order valence-electron chi connectivity index (χ2n) is 6.64. The Morgan fingerprint density at radius 2 is 2.22 bits per heavy atom. The van der Waals surface area contributed by atoms with Gasteiger partial charge in [0.2, 0.25) is 0 Å². The first-order chi connectivity index (χ1) is 8.25. The fourth-order valence-electron chi connectivity index (χ4n) is 3.86. The summed E-state index contributed by atoms with van der Waals surface area (Å²) in [7, 11) is 0. The van der Waals surface area contributed by atoms with Crippen LogP contribution in [0.3, 0.4) is 0 Å². The molecule has 0 aliphatic carbocycles. The molecule has 0 spiro atoms. The predicted molar refractivity (Wildman–Crippen MR) is 76.3 cm³/mol. The highest BCUT2D eigenvalue weighted by molar-refractivity contribution is 5.85. The fourth-order valence-corrected chi connectivity index (χ4v) is 3.86. The third-order valence-electron chi connectivity index (χ3n) is 5.00. The zero-order valence-corrected chi connectivity index (χ0v) is 12.3. The monoisotopic (exact) mass is 274 g/mol. The Bertz CT molecular complexity index is 263. The van der Waals surface area contributed by atoms with E-state index in [-0.39, 0.29) is 12.4 Å². The van der Waals surface area contributed by atoms with Crippen molar-refractivity contribution in [1.82, 2.24) is 10.2 Å². The highest BCUT2D eigenvalue weighted by Gasteiger charge is 2.36. The second kappa shape index (κ2) is 6.08. The maximum absolute atomic E-state index is 5.53. The van der Waals surface area contributed by atoms with Gasteiger partial charge in [0, 0.05) is 32.8 Å². The highest BCUT2D eigenvalue weighted by atomic mass is 35.5. The van der Waals surface area contributed by atoms with Crippen molar-refractivity contribution >= 4 is 12.4 Å². The maximum Gasteiger partial charge on any atom is 0.0498 e. The van der Waals surface area contributed by atoms with E-state index in [0.29, 0.717) is 5.41 Å². The van der Waals surface area contributed by atoms with Crippen LogP contribution in [-0.2, 0) is 4.74 Å². The van der Waals surface area contributed by atoms with Gasteiger partial charge in [0.15, 0.2) is 0 Å². The van der Waals surface area contributed by atoms with Gasteiger partial charge in [-0.3, -0.25) is 0 Å². The van der Waals surface area contributed by atoms with Crippen molar-refractivity contribution in [2.75, 3.05) is 45.9 Å². The van der Waals surface area contributed by atoms with Gasteiger partial charge in [-0.25, -0.2) is 0 Å². The Balaban J connectivity index is 0.00000120. The molecule has 3 atom stereocenters. The van der Waals surface area contributed by atoms with Crippen molar-refractivity contribution in [3.05, 3.63) is 0 Å². The van der Waals surface area contributed by atoms with E-state index in [1.807, 2.05) is 0 Å². The van der Waals surface area contributed by atoms with Crippen LogP contribution in [-0.4, -0.2) is 50.8 Å². The Kier molecular flexibility index (Phi) is 4.92. The SMILES string of the molecule is CC1(CN2CCC(C3CCOC3)C2)CCNC1.Cl. The number of ether oxygens (including phenoxy) is 1. The fraction of sp³-hybridized carbons (Fsp3) is 1.00. The van der Waals surface area contributed by atoms with Gasteiger partial charge in [-0.2, -0.15) is 0 Å². The molecule has 4 heteroatoms. The first-order valence-electron chi connectivity index (χ1n) is 7.26. The molecule has 0 bridgehead atoms. The molecular weight excluding hydrogens is 248 g/mol. The summed E-state index contributed by atoms with van der Waals surface area (Å²) < 4.78 is 5.53. The van der Waals surface area contributed by atoms with Crippen molar-refractivity contribution in [2.24, 2.45) is 17.3 Å². The third kappa shape index (κ3) is 3.19. The van der Waals surface area contributed by atoms with Gasteiger partial charge in [0.1, 0.15) is 0 Å². The molecule has 3 fully saturated rings. The van der Waals surface area contributed by atoms with Crippen LogP contribution >= 0.6 is 12.4 Å². The van der Waals surface area contributed by atoms with E-state index in [1.54, 1.807) is 0 Å². The Morgan fingerprint density at radius 1 is 1.33 bits per heavy atom. The molecule has 0 aromatic heterocycles. The molecule has 3 rings (SSSR count). The van der Waals surface area contributed by atoms with Crippen LogP contribution in [0.15, 0.2) is 0 Å². The van der Waals surface area contributed by atoms with E-state index in [9.17, 15) is 0 Å². The number of halogens is 1. The van der Waals surface area contributed by atoms with Gasteiger partial charge in [0.25, 0.3) is 0 Å². The molecule has 3 heterocycles. The number of rotatable bonds is 3. The van der Waals surface area contributed by atoms with E-state index >= 15 is 0 Å². The molecular formula is C14H27ClN2O. The lowest BCUT2D eigenvalue weighted by atomic mass is 9.89. The zero-order valence-electron chi connectivity index (χ0n) is 11.5. The summed E-state index contributed by atoms with van der Waals surface area (Å²) >= 11 is 0. The van der Waals surface area contributed by atoms with Crippen molar-refractivity contribution in [3.8, 4) is 0 Å². The van der Waals surface area contributed by atoms with E-state index < -0.39 is 0 Å². The summed E-state index contributed by atoms with van der Waals surface area (Å²) in [5.41, 5.74) is 0.529. The first kappa shape index (κ1) is 14.6. The standard InChI is InChI=1S/C14H26N2O.ClH/c1-14(4-5-15-10-14)11-16-6-2-12(8-16)13-3-7-17-9-13;/h12-13,15H,2-11H2,1H3;1H. The molecule has 106 valence electrons. The van der Waals surface area contributed by atoms with Gasteiger partial charge in [0.05, 0.1) is 0 Å². The molecule has 0 radical (unpaired) electrons. The summed E-state index contributed by atoms with van der Waals surface area (Å²) in [6.45, 7) is 10.8. The zero-order chi connectivity index (χ0) is 11.7. The van der Waals surface area contributed by atoms with Gasteiger partial charge in [-0.15, -0.1) is 12.4 Å². The Hall–Kier alpha value is 0.170. The molecule has 0 saturated carbocycles. The van der Waals surface area contributed by atoms with Crippen LogP contribution in [0.1, 0.15) is 26.2 Å². The minimum absolute atomic E-state index is 0. The molecule has 18 heavy (non-hydrogen) atoms. The minimum Gasteiger partial charge on any atom is -0.381 e. The van der Waals surface area contributed by atoms with E-state index in [0.717, 1.165) is 25.0 Å². The minimum atomic E-state index is 0. The normalized spacial score (nSPS) is 41.2. The second-order valence-corrected chi connectivity index (χ2v) is 6.64. The summed E-state index contributed by atoms with van der Waals surface area (Å²) in [4.78, 5) is 2.70. The molecule has 3 aliphatic heterocycles. The lowest BCUT2D eigenvalue weighted by Crippen LogP contribution is -2.36. The topological polar surface area (TPSA) is 24.5 Å². The molecule has 3 saturated heterocycles. The van der Waals surface area contributed by atoms with E-state index in [4.69, 9.17) is 4.74 Å². The molecule has 3 aliphatic rings. The maximum atomic E-state index is 5.53. The summed E-state index contributed by atoms with van der Waals surface area (Å²) in [6.07, 6.45) is 4.05. The quantitative estimate of drug-likeness (QED) is 0.849. The van der Waals surface area contributed by atoms with Crippen molar-refractivity contribution in [3.63, 3.8) is 0 Å². The van der Waals surface area contributed by atoms with Crippen LogP contribution in [0.25, 0.3) is 0 Å². The smallest absolute Gasteiger partial charge is 0.0498 e. The Morgan fingerprint density at radius 3 is 2.89 bits per heavy atom. The number of nitrogens with zero attached hydrogens (tertiary/aromatic N) is 1. The van der Waals surface area contributed by atoms with Crippen LogP contribution in [0.4, 0.5) is 0 Å². The van der Waals surface area contributed by atoms with Crippen molar-refractivity contribution in [1.29, 1.82) is 0 Å². The third-order valence-corrected chi connectivity index (χ3v) is 5.00. The first-order valence-corrected chi connectivity index (χ1v) is 7.26. The van der Waals surface area contributed by atoms with Crippen LogP contribution in [0.2, 0.25) is 0 Å². The lowest BCUT2D eigenvalue weighted by Gasteiger charge is -2.29. The van der Waals surface area contributed by atoms with E-state index in [1.165, 1.54) is 52.0 Å². The molecule has 3 nitrogen and oxygen atoms in total. The average molecular weight is 275 g/mol. The largest absolute Gasteiger partial charge is 0.381 e. The lowest BCUT2D eigenvalue weighted by molar-refractivity contribution is 0.165. The molecule has 3 unspecified atom stereocenters. The van der Waals surface area contributed by atoms with Gasteiger partial charge < -0.3 is 15.0 Å². The van der Waals surface area contributed by atoms with Gasteiger partial charge in [-0.1, -0.05) is 6.92 Å². The summed E-state index contributed by atoms with van der Waals surface area (Å²) in [6, 6.07) is 0. The van der Waals surface area contributed by atoms with E-state index in [2.05, 4.69) is 17.1 Å². The van der Waals surface area contributed by atoms with Crippen LogP contribution < -0.4 is 5.32 Å². The number of hydrogen-bond acceptors (Lipinski definition) is 3. The summed E-state index contributed by atoms with van der Waals surface area (Å²) in [5.74, 6) is 1.77. The predicted octanol–water partition coefficient (Wildman–Crippen LogP) is 1.77. The van der Waals surface area contributed by atoms with Crippen molar-refractivity contribution in [2.45, 2.75) is 26.2 Å². The number of nitrogens with one attached hydrogen (secondary N) is 1. The average Bonchev–Trinajstić information content (AvgIpc) is 2.98. The molecule has 0 aromatic rings. The number of likely N-dealkylation sites (tertiary alicyclic amines) is 1. The van der Waals surface area contributed by atoms with Gasteiger partial charge >= 0.3 is 0 Å².